The monoisotopic (exact) mass is 382 g/mol. The lowest BCUT2D eigenvalue weighted by Crippen LogP contribution is -2.28. The molecule has 1 heterocycles. The van der Waals surface area contributed by atoms with Crippen LogP contribution < -0.4 is 4.74 Å². The predicted octanol–water partition coefficient (Wildman–Crippen LogP) is 3.70. The molecule has 1 aromatic rings. The Labute approximate surface area is 154 Å². The molecule has 0 radical (unpaired) electrons. The minimum atomic E-state index is -0.693. The molecule has 7 nitrogen and oxygen atoms in total. The number of nitrogens with zero attached hydrogens (tertiary/aromatic N) is 2. The molecule has 1 amide bonds. The third kappa shape index (κ3) is 4.29. The van der Waals surface area contributed by atoms with Gasteiger partial charge in [-0.05, 0) is 31.1 Å². The molecular formula is C16H18N2O5S2. The van der Waals surface area contributed by atoms with Gasteiger partial charge in [-0.1, -0.05) is 37.3 Å². The van der Waals surface area contributed by atoms with Gasteiger partial charge in [0.15, 0.2) is 5.75 Å². The quantitative estimate of drug-likeness (QED) is 0.333. The van der Waals surface area contributed by atoms with Gasteiger partial charge < -0.3 is 9.84 Å². The van der Waals surface area contributed by atoms with Gasteiger partial charge in [0, 0.05) is 12.6 Å². The zero-order chi connectivity index (χ0) is 18.6. The number of nitro benzene ring substituents is 1. The lowest BCUT2D eigenvalue weighted by molar-refractivity contribution is -0.386. The Morgan fingerprint density at radius 2 is 2.16 bits per heavy atom. The highest BCUT2D eigenvalue weighted by molar-refractivity contribution is 8.26. The van der Waals surface area contributed by atoms with Crippen molar-refractivity contribution in [3.05, 3.63) is 32.7 Å². The van der Waals surface area contributed by atoms with Crippen molar-refractivity contribution in [1.29, 1.82) is 0 Å². The Morgan fingerprint density at radius 1 is 1.44 bits per heavy atom. The van der Waals surface area contributed by atoms with Gasteiger partial charge in [0.25, 0.3) is 5.91 Å². The van der Waals surface area contributed by atoms with E-state index >= 15 is 0 Å². The molecule has 134 valence electrons. The second kappa shape index (κ2) is 8.30. The summed E-state index contributed by atoms with van der Waals surface area (Å²) in [5, 5.41) is 21.0. The third-order valence-electron chi connectivity index (χ3n) is 3.48. The zero-order valence-electron chi connectivity index (χ0n) is 13.9. The van der Waals surface area contributed by atoms with Gasteiger partial charge >= 0.3 is 5.69 Å². The molecule has 0 aromatic heterocycles. The van der Waals surface area contributed by atoms with Crippen molar-refractivity contribution in [3.63, 3.8) is 0 Å². The number of carbonyl (C=O) groups excluding carboxylic acids is 1. The average molecular weight is 382 g/mol. The van der Waals surface area contributed by atoms with Gasteiger partial charge in [-0.2, -0.15) is 0 Å². The topological polar surface area (TPSA) is 92.9 Å². The molecule has 0 aliphatic carbocycles. The van der Waals surface area contributed by atoms with Crippen molar-refractivity contribution >= 4 is 46.0 Å². The molecule has 25 heavy (non-hydrogen) atoms. The maximum Gasteiger partial charge on any atom is 0.315 e. The van der Waals surface area contributed by atoms with E-state index in [1.54, 1.807) is 6.92 Å². The smallest absolute Gasteiger partial charge is 0.315 e. The number of ether oxygens (including phenoxy) is 1. The van der Waals surface area contributed by atoms with Crippen LogP contribution in [0.3, 0.4) is 0 Å². The molecule has 0 unspecified atom stereocenters. The number of phenolic OH excluding ortho intramolecular Hbond substituents is 1. The summed E-state index contributed by atoms with van der Waals surface area (Å²) >= 11 is 6.39. The summed E-state index contributed by atoms with van der Waals surface area (Å²) in [7, 11) is 0. The van der Waals surface area contributed by atoms with Crippen LogP contribution in [0.2, 0.25) is 0 Å². The van der Waals surface area contributed by atoms with E-state index in [4.69, 9.17) is 17.0 Å². The highest BCUT2D eigenvalue weighted by Gasteiger charge is 2.31. The number of carbonyl (C=O) groups is 1. The van der Waals surface area contributed by atoms with Crippen molar-refractivity contribution in [2.45, 2.75) is 26.7 Å². The first-order valence-electron chi connectivity index (χ1n) is 7.78. The van der Waals surface area contributed by atoms with E-state index in [1.165, 1.54) is 23.1 Å². The lowest BCUT2D eigenvalue weighted by Gasteiger charge is -2.13. The van der Waals surface area contributed by atoms with Crippen LogP contribution in [0.1, 0.15) is 32.3 Å². The second-order valence-corrected chi connectivity index (χ2v) is 6.94. The fourth-order valence-electron chi connectivity index (χ4n) is 2.26. The number of hydrogen-bond donors (Lipinski definition) is 1. The predicted molar refractivity (Wildman–Crippen MR) is 101 cm³/mol. The van der Waals surface area contributed by atoms with Crippen LogP contribution in [0.25, 0.3) is 6.08 Å². The van der Waals surface area contributed by atoms with Crippen LogP contribution in [0.4, 0.5) is 5.69 Å². The molecule has 1 aromatic carbocycles. The number of thioether (sulfide) groups is 1. The molecule has 0 spiro atoms. The number of hydrogen-bond acceptors (Lipinski definition) is 7. The van der Waals surface area contributed by atoms with Crippen LogP contribution in [0.15, 0.2) is 17.0 Å². The molecule has 9 heteroatoms. The Balaban J connectivity index is 2.38. The molecule has 0 atom stereocenters. The molecule has 1 aliphatic heterocycles. The van der Waals surface area contributed by atoms with Crippen molar-refractivity contribution < 1.29 is 19.6 Å². The van der Waals surface area contributed by atoms with Gasteiger partial charge in [0.1, 0.15) is 4.32 Å². The molecule has 1 N–H and O–H groups in total. The highest BCUT2D eigenvalue weighted by atomic mass is 32.2. The van der Waals surface area contributed by atoms with Gasteiger partial charge in [-0.25, -0.2) is 0 Å². The second-order valence-electron chi connectivity index (χ2n) is 5.26. The average Bonchev–Trinajstić information content (AvgIpc) is 2.82. The number of thiocarbonyl (C=S) groups is 1. The maximum absolute atomic E-state index is 12.5. The van der Waals surface area contributed by atoms with Crippen LogP contribution in [0.5, 0.6) is 11.5 Å². The fraction of sp³-hybridized carbons (Fsp3) is 0.375. The van der Waals surface area contributed by atoms with Crippen LogP contribution in [-0.2, 0) is 4.79 Å². The number of unbranched alkanes of at least 4 members (excludes halogenated alkanes) is 1. The molecule has 1 saturated heterocycles. The van der Waals surface area contributed by atoms with Gasteiger partial charge in [-0.15, -0.1) is 0 Å². The number of benzene rings is 1. The number of amides is 1. The maximum atomic E-state index is 12.5. The minimum absolute atomic E-state index is 0.00408. The molecule has 0 bridgehead atoms. The van der Waals surface area contributed by atoms with Crippen molar-refractivity contribution in [1.82, 2.24) is 4.90 Å². The summed E-state index contributed by atoms with van der Waals surface area (Å²) < 4.78 is 5.72. The summed E-state index contributed by atoms with van der Waals surface area (Å²) in [6.07, 6.45) is 3.32. The van der Waals surface area contributed by atoms with Gasteiger partial charge in [0.2, 0.25) is 5.75 Å². The summed E-state index contributed by atoms with van der Waals surface area (Å²) in [6.45, 7) is 4.53. The van der Waals surface area contributed by atoms with Gasteiger partial charge in [-0.3, -0.25) is 19.8 Å². The van der Waals surface area contributed by atoms with Crippen molar-refractivity contribution in [2.75, 3.05) is 13.2 Å². The fourth-order valence-corrected chi connectivity index (χ4v) is 3.57. The van der Waals surface area contributed by atoms with Crippen molar-refractivity contribution in [2.24, 2.45) is 0 Å². The first kappa shape index (κ1) is 19.2. The number of aromatic hydroxyl groups is 1. The van der Waals surface area contributed by atoms with Crippen LogP contribution in [-0.4, -0.2) is 38.3 Å². The van der Waals surface area contributed by atoms with E-state index in [2.05, 4.69) is 0 Å². The molecule has 1 aliphatic rings. The molecule has 0 saturated carbocycles. The number of nitro groups is 1. The van der Waals surface area contributed by atoms with Crippen molar-refractivity contribution in [3.8, 4) is 11.5 Å². The van der Waals surface area contributed by atoms with E-state index in [9.17, 15) is 20.0 Å². The van der Waals surface area contributed by atoms with Crippen LogP contribution >= 0.6 is 24.0 Å². The van der Waals surface area contributed by atoms with E-state index in [0.29, 0.717) is 21.3 Å². The first-order chi connectivity index (χ1) is 11.9. The first-order valence-corrected chi connectivity index (χ1v) is 9.01. The molecule has 1 fully saturated rings. The van der Waals surface area contributed by atoms with E-state index in [-0.39, 0.29) is 18.3 Å². The lowest BCUT2D eigenvalue weighted by atomic mass is 10.1. The molecular weight excluding hydrogens is 364 g/mol. The minimum Gasteiger partial charge on any atom is -0.500 e. The summed E-state index contributed by atoms with van der Waals surface area (Å²) in [5.41, 5.74) is -0.0809. The normalized spacial score (nSPS) is 15.9. The Bertz CT molecular complexity index is 748. The Hall–Kier alpha value is -2.13. The summed E-state index contributed by atoms with van der Waals surface area (Å²) in [6, 6.07) is 2.67. The Morgan fingerprint density at radius 3 is 2.76 bits per heavy atom. The van der Waals surface area contributed by atoms with E-state index < -0.39 is 16.4 Å². The Kier molecular flexibility index (Phi) is 6.38. The number of phenols is 1. The number of rotatable bonds is 7. The van der Waals surface area contributed by atoms with Crippen LogP contribution in [0, 0.1) is 10.1 Å². The highest BCUT2D eigenvalue weighted by Crippen LogP contribution is 2.39. The summed E-state index contributed by atoms with van der Waals surface area (Å²) in [4.78, 5) is 24.8. The summed E-state index contributed by atoms with van der Waals surface area (Å²) in [5.74, 6) is -0.735. The van der Waals surface area contributed by atoms with E-state index in [1.807, 2.05) is 6.92 Å². The SMILES string of the molecule is CCCCN1C(=O)/C(=C\c2cc(OCC)c(O)c([N+](=O)[O-])c2)SC1=S. The molecule has 2 rings (SSSR count). The third-order valence-corrected chi connectivity index (χ3v) is 4.86. The standard InChI is InChI=1S/C16H18N2O5S2/c1-3-5-6-17-15(20)13(25-16(17)24)9-10-7-11(18(21)22)14(19)12(8-10)23-4-2/h7-9,19H,3-6H2,1-2H3/b13-9+. The van der Waals surface area contributed by atoms with E-state index in [0.717, 1.165) is 24.6 Å². The largest absolute Gasteiger partial charge is 0.500 e. The zero-order valence-corrected chi connectivity index (χ0v) is 15.5. The van der Waals surface area contributed by atoms with Gasteiger partial charge in [0.05, 0.1) is 16.4 Å².